The third-order valence-electron chi connectivity index (χ3n) is 5.69. The molecule has 0 bridgehead atoms. The molecule has 4 aromatic heterocycles. The number of imidazole rings is 1. The van der Waals surface area contributed by atoms with Crippen molar-refractivity contribution in [1.29, 1.82) is 0 Å². The molecule has 0 amide bonds. The molecule has 4 aromatic rings. The average Bonchev–Trinajstić information content (AvgIpc) is 3.52. The number of hydrogen-bond donors (Lipinski definition) is 1. The van der Waals surface area contributed by atoms with Crippen LogP contribution in [0.5, 0.6) is 5.88 Å². The van der Waals surface area contributed by atoms with Crippen molar-refractivity contribution < 1.29 is 5.11 Å². The van der Waals surface area contributed by atoms with Crippen molar-refractivity contribution in [1.82, 2.24) is 34.4 Å². The zero-order chi connectivity index (χ0) is 21.9. The maximum absolute atomic E-state index is 10.2. The largest absolute Gasteiger partial charge is 0.493 e. The van der Waals surface area contributed by atoms with Crippen LogP contribution in [-0.4, -0.2) is 52.6 Å². The quantitative estimate of drug-likeness (QED) is 0.480. The molecule has 1 fully saturated rings. The van der Waals surface area contributed by atoms with Crippen LogP contribution in [0.4, 0.5) is 0 Å². The highest BCUT2D eigenvalue weighted by atomic mass is 32.1. The second-order valence-electron chi connectivity index (χ2n) is 7.99. The average molecular weight is 448 g/mol. The number of rotatable bonds is 6. The van der Waals surface area contributed by atoms with Crippen molar-refractivity contribution in [3.8, 4) is 22.4 Å². The van der Waals surface area contributed by atoms with E-state index in [4.69, 9.17) is 4.98 Å². The van der Waals surface area contributed by atoms with Gasteiger partial charge in [-0.15, -0.1) is 11.3 Å². The van der Waals surface area contributed by atoms with Gasteiger partial charge in [-0.1, -0.05) is 13.0 Å². The van der Waals surface area contributed by atoms with Crippen molar-refractivity contribution in [2.24, 2.45) is 0 Å². The van der Waals surface area contributed by atoms with Gasteiger partial charge in [0.1, 0.15) is 12.2 Å². The van der Waals surface area contributed by atoms with Gasteiger partial charge in [0, 0.05) is 43.2 Å². The normalized spacial score (nSPS) is 17.0. The Balaban J connectivity index is 1.30. The molecule has 1 aliphatic heterocycles. The molecule has 1 atom stereocenters. The summed E-state index contributed by atoms with van der Waals surface area (Å²) >= 11 is 1.61. The molecular formula is C23H25N7OS. The lowest BCUT2D eigenvalue weighted by molar-refractivity contribution is 0.194. The molecule has 32 heavy (non-hydrogen) atoms. The molecule has 0 aliphatic carbocycles. The van der Waals surface area contributed by atoms with Gasteiger partial charge in [-0.05, 0) is 43.3 Å². The van der Waals surface area contributed by atoms with E-state index in [1.54, 1.807) is 29.9 Å². The van der Waals surface area contributed by atoms with Gasteiger partial charge in [0.05, 0.1) is 16.3 Å². The minimum Gasteiger partial charge on any atom is -0.493 e. The van der Waals surface area contributed by atoms with E-state index < -0.39 is 0 Å². The third kappa shape index (κ3) is 4.53. The van der Waals surface area contributed by atoms with E-state index in [1.165, 1.54) is 0 Å². The molecule has 1 aliphatic rings. The van der Waals surface area contributed by atoms with Crippen molar-refractivity contribution >= 4 is 11.3 Å². The lowest BCUT2D eigenvalue weighted by Crippen LogP contribution is -2.34. The fraction of sp³-hybridized carbons (Fsp3) is 0.348. The van der Waals surface area contributed by atoms with Crippen LogP contribution in [0.2, 0.25) is 0 Å². The Kier molecular flexibility index (Phi) is 5.91. The highest BCUT2D eigenvalue weighted by Gasteiger charge is 2.25. The molecule has 0 radical (unpaired) electrons. The summed E-state index contributed by atoms with van der Waals surface area (Å²) in [7, 11) is 0. The molecule has 1 unspecified atom stereocenters. The third-order valence-corrected chi connectivity index (χ3v) is 6.58. The van der Waals surface area contributed by atoms with E-state index in [2.05, 4.69) is 31.8 Å². The van der Waals surface area contributed by atoms with Gasteiger partial charge < -0.3 is 5.11 Å². The van der Waals surface area contributed by atoms with E-state index in [1.807, 2.05) is 34.3 Å². The summed E-state index contributed by atoms with van der Waals surface area (Å²) in [6, 6.07) is 7.57. The minimum atomic E-state index is 0.0311. The fourth-order valence-electron chi connectivity index (χ4n) is 4.09. The summed E-state index contributed by atoms with van der Waals surface area (Å²) in [5.41, 5.74) is 2.78. The summed E-state index contributed by atoms with van der Waals surface area (Å²) in [5, 5.41) is 12.2. The summed E-state index contributed by atoms with van der Waals surface area (Å²) in [4.78, 5) is 26.1. The Morgan fingerprint density at radius 2 is 2.09 bits per heavy atom. The van der Waals surface area contributed by atoms with E-state index in [-0.39, 0.29) is 11.8 Å². The van der Waals surface area contributed by atoms with Crippen LogP contribution >= 0.6 is 11.3 Å². The first-order chi connectivity index (χ1) is 15.7. The Morgan fingerprint density at radius 1 is 1.16 bits per heavy atom. The van der Waals surface area contributed by atoms with Crippen molar-refractivity contribution in [3.63, 3.8) is 0 Å². The van der Waals surface area contributed by atoms with Gasteiger partial charge in [-0.25, -0.2) is 19.9 Å². The lowest BCUT2D eigenvalue weighted by atomic mass is 9.97. The number of likely N-dealkylation sites (tertiary alicyclic amines) is 1. The van der Waals surface area contributed by atoms with Gasteiger partial charge >= 0.3 is 0 Å². The van der Waals surface area contributed by atoms with E-state index in [0.29, 0.717) is 11.8 Å². The zero-order valence-electron chi connectivity index (χ0n) is 17.9. The SMILES string of the molecule is CCc1ccnc(-n2cnc(CN3CCCC(c4nc(O)cc(-c5cccs5)n4)C3)c2)n1. The molecule has 164 valence electrons. The maximum Gasteiger partial charge on any atom is 0.235 e. The monoisotopic (exact) mass is 447 g/mol. The number of aryl methyl sites for hydroxylation is 1. The van der Waals surface area contributed by atoms with Gasteiger partial charge in [0.15, 0.2) is 0 Å². The molecule has 5 rings (SSSR count). The maximum atomic E-state index is 10.2. The van der Waals surface area contributed by atoms with E-state index in [9.17, 15) is 5.11 Å². The highest BCUT2D eigenvalue weighted by molar-refractivity contribution is 7.13. The highest BCUT2D eigenvalue weighted by Crippen LogP contribution is 2.30. The van der Waals surface area contributed by atoms with E-state index in [0.717, 1.165) is 60.9 Å². The Labute approximate surface area is 190 Å². The van der Waals surface area contributed by atoms with Crippen molar-refractivity contribution in [2.75, 3.05) is 13.1 Å². The molecule has 0 aromatic carbocycles. The lowest BCUT2D eigenvalue weighted by Gasteiger charge is -2.31. The molecule has 5 heterocycles. The standard InChI is InChI=1S/C23H25N7OS/c1-2-17-7-8-24-23(26-17)30-14-18(25-15-30)13-29-9-3-5-16(12-29)22-27-19(11-21(31)28-22)20-6-4-10-32-20/h4,6-8,10-11,14-16H,2-3,5,9,12-13H2,1H3,(H,27,28,31). The first-order valence-corrected chi connectivity index (χ1v) is 11.7. The van der Waals surface area contributed by atoms with E-state index >= 15 is 0 Å². The van der Waals surface area contributed by atoms with Gasteiger partial charge in [-0.3, -0.25) is 9.47 Å². The fourth-order valence-corrected chi connectivity index (χ4v) is 4.77. The number of nitrogens with zero attached hydrogens (tertiary/aromatic N) is 7. The molecule has 1 saturated heterocycles. The van der Waals surface area contributed by atoms with Crippen LogP contribution in [0.25, 0.3) is 16.5 Å². The van der Waals surface area contributed by atoms with Crippen LogP contribution in [0.15, 0.2) is 48.4 Å². The molecule has 0 spiro atoms. The van der Waals surface area contributed by atoms with Gasteiger partial charge in [-0.2, -0.15) is 4.98 Å². The first-order valence-electron chi connectivity index (χ1n) is 10.9. The Hall–Kier alpha value is -3.17. The number of hydrogen-bond acceptors (Lipinski definition) is 8. The predicted octanol–water partition coefficient (Wildman–Crippen LogP) is 3.83. The van der Waals surface area contributed by atoms with Crippen LogP contribution in [-0.2, 0) is 13.0 Å². The van der Waals surface area contributed by atoms with Gasteiger partial charge in [0.25, 0.3) is 0 Å². The summed E-state index contributed by atoms with van der Waals surface area (Å²) in [6.45, 7) is 4.66. The van der Waals surface area contributed by atoms with Crippen LogP contribution in [0, 0.1) is 0 Å². The Bertz CT molecular complexity index is 1190. The van der Waals surface area contributed by atoms with Crippen molar-refractivity contribution in [2.45, 2.75) is 38.6 Å². The summed E-state index contributed by atoms with van der Waals surface area (Å²) < 4.78 is 1.88. The summed E-state index contributed by atoms with van der Waals surface area (Å²) in [6.07, 6.45) is 8.50. The van der Waals surface area contributed by atoms with Crippen LogP contribution < -0.4 is 0 Å². The molecule has 8 nitrogen and oxygen atoms in total. The molecule has 9 heteroatoms. The predicted molar refractivity (Wildman–Crippen MR) is 123 cm³/mol. The number of thiophene rings is 1. The molecule has 0 saturated carbocycles. The number of aromatic hydroxyl groups is 1. The van der Waals surface area contributed by atoms with Gasteiger partial charge in [0.2, 0.25) is 11.8 Å². The van der Waals surface area contributed by atoms with Crippen LogP contribution in [0.1, 0.15) is 42.9 Å². The van der Waals surface area contributed by atoms with Crippen LogP contribution in [0.3, 0.4) is 0 Å². The molecular weight excluding hydrogens is 422 g/mol. The second kappa shape index (κ2) is 9.13. The smallest absolute Gasteiger partial charge is 0.235 e. The first kappa shape index (κ1) is 20.7. The molecule has 1 N–H and O–H groups in total. The zero-order valence-corrected chi connectivity index (χ0v) is 18.7. The second-order valence-corrected chi connectivity index (χ2v) is 8.94. The summed E-state index contributed by atoms with van der Waals surface area (Å²) in [5.74, 6) is 1.58. The number of aromatic nitrogens is 6. The van der Waals surface area contributed by atoms with Crippen molar-refractivity contribution in [3.05, 3.63) is 65.6 Å². The number of piperidine rings is 1. The topological polar surface area (TPSA) is 92.9 Å². The minimum absolute atomic E-state index is 0.0311. The Morgan fingerprint density at radius 3 is 2.94 bits per heavy atom.